The Morgan fingerprint density at radius 1 is 1.62 bits per heavy atom. The molecule has 0 radical (unpaired) electrons. The van der Waals surface area contributed by atoms with E-state index in [1.807, 2.05) is 20.8 Å². The van der Waals surface area contributed by atoms with Crippen molar-refractivity contribution in [3.05, 3.63) is 0 Å². The highest BCUT2D eigenvalue weighted by Gasteiger charge is 2.31. The van der Waals surface area contributed by atoms with E-state index in [9.17, 15) is 9.90 Å². The van der Waals surface area contributed by atoms with E-state index in [1.54, 1.807) is 11.8 Å². The first kappa shape index (κ1) is 11.1. The van der Waals surface area contributed by atoms with Gasteiger partial charge in [0.25, 0.3) is 0 Å². The number of ketones is 1. The lowest BCUT2D eigenvalue weighted by atomic mass is 9.83. The summed E-state index contributed by atoms with van der Waals surface area (Å²) in [6.07, 6.45) is 0.273. The van der Waals surface area contributed by atoms with Gasteiger partial charge in [-0.15, -0.1) is 0 Å². The Bertz CT molecular complexity index is 196. The molecular formula is C10H18O2S. The zero-order valence-electron chi connectivity index (χ0n) is 8.54. The smallest absolute Gasteiger partial charge is 0.146 e. The van der Waals surface area contributed by atoms with Crippen molar-refractivity contribution in [1.29, 1.82) is 0 Å². The Labute approximate surface area is 84.1 Å². The summed E-state index contributed by atoms with van der Waals surface area (Å²) in [7, 11) is 0. The van der Waals surface area contributed by atoms with Gasteiger partial charge in [0.15, 0.2) is 0 Å². The molecule has 0 saturated carbocycles. The quantitative estimate of drug-likeness (QED) is 0.741. The lowest BCUT2D eigenvalue weighted by Gasteiger charge is -2.27. The van der Waals surface area contributed by atoms with Gasteiger partial charge in [-0.25, -0.2) is 0 Å². The average Bonchev–Trinajstić information content (AvgIpc) is 2.34. The van der Waals surface area contributed by atoms with Gasteiger partial charge < -0.3 is 5.11 Å². The summed E-state index contributed by atoms with van der Waals surface area (Å²) in [6, 6.07) is 0. The maximum absolute atomic E-state index is 11.3. The minimum atomic E-state index is -0.361. The fraction of sp³-hybridized carbons (Fsp3) is 0.900. The van der Waals surface area contributed by atoms with Gasteiger partial charge in [-0.05, 0) is 11.8 Å². The molecule has 0 bridgehead atoms. The molecule has 0 aromatic rings. The highest BCUT2D eigenvalue weighted by molar-refractivity contribution is 8.00. The number of hydrogen-bond acceptors (Lipinski definition) is 3. The minimum Gasteiger partial charge on any atom is -0.393 e. The standard InChI is InChI=1S/C10H18O2S/c1-10(2,3)9(12)4-7-5-13-6-8(7)11/h7,9,12H,4-6H2,1-3H3. The van der Waals surface area contributed by atoms with Crippen LogP contribution in [0.5, 0.6) is 0 Å². The molecule has 13 heavy (non-hydrogen) atoms. The van der Waals surface area contributed by atoms with Crippen LogP contribution in [-0.4, -0.2) is 28.5 Å². The largest absolute Gasteiger partial charge is 0.393 e. The molecule has 2 nitrogen and oxygen atoms in total. The second kappa shape index (κ2) is 4.01. The highest BCUT2D eigenvalue weighted by atomic mass is 32.2. The van der Waals surface area contributed by atoms with Crippen molar-refractivity contribution in [3.8, 4) is 0 Å². The summed E-state index contributed by atoms with van der Waals surface area (Å²) >= 11 is 1.68. The number of Topliss-reactive ketones (excluding diaryl/α,β-unsaturated/α-hetero) is 1. The molecule has 1 rings (SSSR count). The molecule has 2 unspecified atom stereocenters. The SMILES string of the molecule is CC(C)(C)C(O)CC1CSCC1=O. The second-order valence-electron chi connectivity index (χ2n) is 4.80. The molecule has 0 amide bonds. The van der Waals surface area contributed by atoms with E-state index in [4.69, 9.17) is 0 Å². The van der Waals surface area contributed by atoms with Crippen molar-refractivity contribution in [1.82, 2.24) is 0 Å². The number of carbonyl (C=O) groups excluding carboxylic acids is 1. The van der Waals surface area contributed by atoms with Crippen molar-refractivity contribution >= 4 is 17.5 Å². The number of carbonyl (C=O) groups is 1. The van der Waals surface area contributed by atoms with Crippen LogP contribution in [0.15, 0.2) is 0 Å². The molecule has 0 aliphatic carbocycles. The molecule has 1 N–H and O–H groups in total. The third-order valence-electron chi connectivity index (χ3n) is 2.53. The van der Waals surface area contributed by atoms with Crippen LogP contribution < -0.4 is 0 Å². The molecule has 1 aliphatic rings. The third-order valence-corrected chi connectivity index (χ3v) is 3.65. The van der Waals surface area contributed by atoms with Gasteiger partial charge in [-0.2, -0.15) is 11.8 Å². The van der Waals surface area contributed by atoms with Crippen molar-refractivity contribution in [2.45, 2.75) is 33.3 Å². The van der Waals surface area contributed by atoms with Gasteiger partial charge in [0.1, 0.15) is 5.78 Å². The molecule has 0 spiro atoms. The van der Waals surface area contributed by atoms with Crippen LogP contribution >= 0.6 is 11.8 Å². The Kier molecular flexibility index (Phi) is 3.41. The normalized spacial score (nSPS) is 26.5. The average molecular weight is 202 g/mol. The van der Waals surface area contributed by atoms with Crippen molar-refractivity contribution in [2.75, 3.05) is 11.5 Å². The zero-order valence-corrected chi connectivity index (χ0v) is 9.36. The van der Waals surface area contributed by atoms with Gasteiger partial charge in [0, 0.05) is 11.7 Å². The Morgan fingerprint density at radius 3 is 2.62 bits per heavy atom. The Morgan fingerprint density at radius 2 is 2.23 bits per heavy atom. The first-order valence-electron chi connectivity index (χ1n) is 4.70. The minimum absolute atomic E-state index is 0.0965. The number of thioether (sulfide) groups is 1. The topological polar surface area (TPSA) is 37.3 Å². The van der Waals surface area contributed by atoms with Crippen LogP contribution in [0, 0.1) is 11.3 Å². The molecule has 0 aromatic carbocycles. The molecule has 1 saturated heterocycles. The van der Waals surface area contributed by atoms with E-state index in [2.05, 4.69) is 0 Å². The van der Waals surface area contributed by atoms with E-state index < -0.39 is 0 Å². The van der Waals surface area contributed by atoms with Gasteiger partial charge in [0.2, 0.25) is 0 Å². The maximum atomic E-state index is 11.3. The highest BCUT2D eigenvalue weighted by Crippen LogP contribution is 2.30. The number of rotatable bonds is 2. The van der Waals surface area contributed by atoms with Crippen LogP contribution in [0.1, 0.15) is 27.2 Å². The predicted molar refractivity (Wildman–Crippen MR) is 55.9 cm³/mol. The van der Waals surface area contributed by atoms with Crippen LogP contribution in [0.2, 0.25) is 0 Å². The predicted octanol–water partition coefficient (Wildman–Crippen LogP) is 1.72. The lowest BCUT2D eigenvalue weighted by molar-refractivity contribution is -0.120. The molecule has 1 aliphatic heterocycles. The fourth-order valence-corrected chi connectivity index (χ4v) is 2.50. The molecule has 0 aromatic heterocycles. The van der Waals surface area contributed by atoms with E-state index in [-0.39, 0.29) is 17.4 Å². The molecule has 1 heterocycles. The van der Waals surface area contributed by atoms with E-state index in [1.165, 1.54) is 0 Å². The Hall–Kier alpha value is -0.0200. The molecule has 2 atom stereocenters. The Balaban J connectivity index is 2.44. The summed E-state index contributed by atoms with van der Waals surface area (Å²) in [5, 5.41) is 9.80. The van der Waals surface area contributed by atoms with Crippen molar-refractivity contribution < 1.29 is 9.90 Å². The summed E-state index contributed by atoms with van der Waals surface area (Å²) in [5.74, 6) is 1.94. The lowest BCUT2D eigenvalue weighted by Crippen LogP contribution is -2.30. The first-order chi connectivity index (χ1) is 5.91. The number of aliphatic hydroxyl groups is 1. The first-order valence-corrected chi connectivity index (χ1v) is 5.85. The van der Waals surface area contributed by atoms with Gasteiger partial charge >= 0.3 is 0 Å². The van der Waals surface area contributed by atoms with E-state index in [0.717, 1.165) is 5.75 Å². The van der Waals surface area contributed by atoms with Crippen molar-refractivity contribution in [2.24, 2.45) is 11.3 Å². The number of hydrogen-bond donors (Lipinski definition) is 1. The summed E-state index contributed by atoms with van der Waals surface area (Å²) in [4.78, 5) is 11.3. The monoisotopic (exact) mass is 202 g/mol. The summed E-state index contributed by atoms with van der Waals surface area (Å²) in [6.45, 7) is 6.01. The second-order valence-corrected chi connectivity index (χ2v) is 5.83. The number of aliphatic hydroxyl groups excluding tert-OH is 1. The summed E-state index contributed by atoms with van der Waals surface area (Å²) in [5.41, 5.74) is -0.104. The zero-order chi connectivity index (χ0) is 10.1. The summed E-state index contributed by atoms with van der Waals surface area (Å²) < 4.78 is 0. The van der Waals surface area contributed by atoms with Crippen LogP contribution in [0.3, 0.4) is 0 Å². The van der Waals surface area contributed by atoms with Crippen LogP contribution in [0.25, 0.3) is 0 Å². The molecule has 76 valence electrons. The van der Waals surface area contributed by atoms with Crippen LogP contribution in [-0.2, 0) is 4.79 Å². The molecule has 3 heteroatoms. The van der Waals surface area contributed by atoms with Gasteiger partial charge in [-0.3, -0.25) is 4.79 Å². The third kappa shape index (κ3) is 2.99. The van der Waals surface area contributed by atoms with Gasteiger partial charge in [0.05, 0.1) is 11.9 Å². The molecule has 1 fully saturated rings. The maximum Gasteiger partial charge on any atom is 0.146 e. The van der Waals surface area contributed by atoms with E-state index >= 15 is 0 Å². The van der Waals surface area contributed by atoms with Crippen LogP contribution in [0.4, 0.5) is 0 Å². The van der Waals surface area contributed by atoms with Gasteiger partial charge in [-0.1, -0.05) is 20.8 Å². The van der Waals surface area contributed by atoms with Crippen molar-refractivity contribution in [3.63, 3.8) is 0 Å². The fourth-order valence-electron chi connectivity index (χ4n) is 1.34. The molecular weight excluding hydrogens is 184 g/mol. The van der Waals surface area contributed by atoms with E-state index in [0.29, 0.717) is 18.0 Å².